The quantitative estimate of drug-likeness (QED) is 0.647. The lowest BCUT2D eigenvalue weighted by molar-refractivity contribution is -0.132. The number of carbonyl (C=O) groups excluding carboxylic acids is 2. The van der Waals surface area contributed by atoms with E-state index in [0.29, 0.717) is 23.7 Å². The normalized spacial score (nSPS) is 14.0. The van der Waals surface area contributed by atoms with Crippen molar-refractivity contribution in [2.75, 3.05) is 6.54 Å². The van der Waals surface area contributed by atoms with Crippen LogP contribution < -0.4 is 5.32 Å². The molecule has 152 valence electrons. The maximum absolute atomic E-state index is 13.1. The van der Waals surface area contributed by atoms with Gasteiger partial charge in [0, 0.05) is 13.1 Å². The summed E-state index contributed by atoms with van der Waals surface area (Å²) in [7, 11) is 0. The van der Waals surface area contributed by atoms with Gasteiger partial charge in [-0.3, -0.25) is 9.59 Å². The van der Waals surface area contributed by atoms with Crippen LogP contribution in [-0.4, -0.2) is 23.3 Å². The van der Waals surface area contributed by atoms with Crippen molar-refractivity contribution in [3.05, 3.63) is 106 Å². The number of benzene rings is 3. The Morgan fingerprint density at radius 1 is 0.900 bits per heavy atom. The molecule has 2 amide bonds. The van der Waals surface area contributed by atoms with E-state index in [0.717, 1.165) is 12.0 Å². The molecule has 1 aliphatic rings. The Bertz CT molecular complexity index is 1050. The molecule has 1 aliphatic heterocycles. The maximum Gasteiger partial charge on any atom is 0.253 e. The smallest absolute Gasteiger partial charge is 0.253 e. The lowest BCUT2D eigenvalue weighted by Gasteiger charge is -2.30. The van der Waals surface area contributed by atoms with Crippen molar-refractivity contribution in [3.8, 4) is 0 Å². The number of nitrogens with one attached hydrogen (secondary N) is 1. The lowest BCUT2D eigenvalue weighted by atomic mass is 9.98. The largest absolute Gasteiger partial charge is 0.345 e. The summed E-state index contributed by atoms with van der Waals surface area (Å²) in [5.74, 6) is -0.260. The zero-order valence-electron chi connectivity index (χ0n) is 16.6. The second-order valence-corrected chi connectivity index (χ2v) is 7.86. The van der Waals surface area contributed by atoms with Crippen molar-refractivity contribution in [3.63, 3.8) is 0 Å². The number of hydrogen-bond acceptors (Lipinski definition) is 2. The summed E-state index contributed by atoms with van der Waals surface area (Å²) in [6, 6.07) is 24.3. The van der Waals surface area contributed by atoms with Crippen molar-refractivity contribution in [1.82, 2.24) is 10.2 Å². The molecule has 0 bridgehead atoms. The predicted octanol–water partition coefficient (Wildman–Crippen LogP) is 4.79. The van der Waals surface area contributed by atoms with E-state index in [2.05, 4.69) is 17.4 Å². The monoisotopic (exact) mass is 418 g/mol. The van der Waals surface area contributed by atoms with Crippen molar-refractivity contribution in [2.24, 2.45) is 0 Å². The molecule has 4 nitrogen and oxygen atoms in total. The summed E-state index contributed by atoms with van der Waals surface area (Å²) in [5.41, 5.74) is 3.78. The predicted molar refractivity (Wildman–Crippen MR) is 118 cm³/mol. The third-order valence-electron chi connectivity index (χ3n) is 5.49. The summed E-state index contributed by atoms with van der Waals surface area (Å²) in [6.07, 6.45) is 1.05. The summed E-state index contributed by atoms with van der Waals surface area (Å²) < 4.78 is 0. The second kappa shape index (κ2) is 9.14. The fourth-order valence-corrected chi connectivity index (χ4v) is 4.05. The highest BCUT2D eigenvalue weighted by Crippen LogP contribution is 2.24. The molecule has 1 heterocycles. The molecule has 1 unspecified atom stereocenters. The standard InChI is InChI=1S/C25H23ClN2O2/c26-22-13-7-6-12-21(22)25(30)27-23(19-9-2-1-3-10-19)16-24(29)28-15-14-18-8-4-5-11-20(18)17-28/h1-13,23H,14-17H2,(H,27,30). The van der Waals surface area contributed by atoms with Gasteiger partial charge in [-0.05, 0) is 35.2 Å². The van der Waals surface area contributed by atoms with Crippen LogP contribution in [-0.2, 0) is 17.8 Å². The van der Waals surface area contributed by atoms with E-state index in [-0.39, 0.29) is 18.2 Å². The van der Waals surface area contributed by atoms with Crippen molar-refractivity contribution >= 4 is 23.4 Å². The molecule has 0 spiro atoms. The van der Waals surface area contributed by atoms with Gasteiger partial charge in [-0.2, -0.15) is 0 Å². The molecule has 4 rings (SSSR count). The molecule has 0 saturated carbocycles. The molecule has 0 radical (unpaired) electrons. The van der Waals surface area contributed by atoms with Gasteiger partial charge in [0.1, 0.15) is 0 Å². The van der Waals surface area contributed by atoms with Gasteiger partial charge in [0.15, 0.2) is 0 Å². The molecule has 1 atom stereocenters. The Hall–Kier alpha value is -3.11. The number of carbonyl (C=O) groups is 2. The first kappa shape index (κ1) is 20.2. The summed E-state index contributed by atoms with van der Waals surface area (Å²) in [5, 5.41) is 3.40. The van der Waals surface area contributed by atoms with Crippen LogP contribution in [0.1, 0.15) is 39.5 Å². The minimum atomic E-state index is -0.431. The van der Waals surface area contributed by atoms with Gasteiger partial charge >= 0.3 is 0 Å². The molecule has 5 heteroatoms. The Morgan fingerprint density at radius 2 is 1.57 bits per heavy atom. The average Bonchev–Trinajstić information content (AvgIpc) is 2.79. The van der Waals surface area contributed by atoms with Gasteiger partial charge in [-0.15, -0.1) is 0 Å². The van der Waals surface area contributed by atoms with Crippen LogP contribution in [0.4, 0.5) is 0 Å². The number of halogens is 1. The van der Waals surface area contributed by atoms with Crippen LogP contribution in [0.2, 0.25) is 5.02 Å². The van der Waals surface area contributed by atoms with E-state index in [1.54, 1.807) is 24.3 Å². The Labute approximate surface area is 181 Å². The van der Waals surface area contributed by atoms with E-state index in [9.17, 15) is 9.59 Å². The molecular weight excluding hydrogens is 396 g/mol. The molecule has 0 aliphatic carbocycles. The molecule has 1 N–H and O–H groups in total. The lowest BCUT2D eigenvalue weighted by Crippen LogP contribution is -2.39. The van der Waals surface area contributed by atoms with Crippen molar-refractivity contribution in [2.45, 2.75) is 25.4 Å². The van der Waals surface area contributed by atoms with Crippen molar-refractivity contribution in [1.29, 1.82) is 0 Å². The van der Waals surface area contributed by atoms with E-state index in [4.69, 9.17) is 11.6 Å². The van der Waals surface area contributed by atoms with Gasteiger partial charge in [-0.25, -0.2) is 0 Å². The third kappa shape index (κ3) is 4.55. The highest BCUT2D eigenvalue weighted by Gasteiger charge is 2.25. The van der Waals surface area contributed by atoms with Crippen LogP contribution >= 0.6 is 11.6 Å². The van der Waals surface area contributed by atoms with Crippen LogP contribution in [0.15, 0.2) is 78.9 Å². The molecule has 0 saturated heterocycles. The first-order chi connectivity index (χ1) is 14.6. The van der Waals surface area contributed by atoms with Crippen molar-refractivity contribution < 1.29 is 9.59 Å². The van der Waals surface area contributed by atoms with Gasteiger partial charge in [0.2, 0.25) is 5.91 Å². The van der Waals surface area contributed by atoms with Crippen LogP contribution in [0.5, 0.6) is 0 Å². The maximum atomic E-state index is 13.1. The Balaban J connectivity index is 1.51. The minimum absolute atomic E-state index is 0.0258. The van der Waals surface area contributed by atoms with Crippen LogP contribution in [0.3, 0.4) is 0 Å². The number of fused-ring (bicyclic) bond motifs is 1. The number of rotatable bonds is 5. The molecule has 0 aromatic heterocycles. The Kier molecular flexibility index (Phi) is 6.15. The second-order valence-electron chi connectivity index (χ2n) is 7.45. The first-order valence-electron chi connectivity index (χ1n) is 10.1. The van der Waals surface area contributed by atoms with Gasteiger partial charge in [0.05, 0.1) is 23.0 Å². The highest BCUT2D eigenvalue weighted by molar-refractivity contribution is 6.33. The minimum Gasteiger partial charge on any atom is -0.345 e. The zero-order chi connectivity index (χ0) is 20.9. The average molecular weight is 419 g/mol. The van der Waals surface area contributed by atoms with E-state index in [1.165, 1.54) is 11.1 Å². The molecule has 30 heavy (non-hydrogen) atoms. The molecule has 0 fully saturated rings. The van der Waals surface area contributed by atoms with Crippen LogP contribution in [0, 0.1) is 0 Å². The number of amides is 2. The summed E-state index contributed by atoms with van der Waals surface area (Å²) in [6.45, 7) is 1.30. The topological polar surface area (TPSA) is 49.4 Å². The summed E-state index contributed by atoms with van der Waals surface area (Å²) in [4.78, 5) is 27.9. The first-order valence-corrected chi connectivity index (χ1v) is 10.4. The zero-order valence-corrected chi connectivity index (χ0v) is 17.3. The van der Waals surface area contributed by atoms with Gasteiger partial charge in [0.25, 0.3) is 5.91 Å². The molecular formula is C25H23ClN2O2. The molecule has 3 aromatic rings. The summed E-state index contributed by atoms with van der Waals surface area (Å²) >= 11 is 6.19. The van der Waals surface area contributed by atoms with Gasteiger partial charge < -0.3 is 10.2 Å². The van der Waals surface area contributed by atoms with Crippen LogP contribution in [0.25, 0.3) is 0 Å². The van der Waals surface area contributed by atoms with Gasteiger partial charge in [-0.1, -0.05) is 78.3 Å². The van der Waals surface area contributed by atoms with E-state index < -0.39 is 6.04 Å². The fourth-order valence-electron chi connectivity index (χ4n) is 3.83. The Morgan fingerprint density at radius 3 is 2.33 bits per heavy atom. The van der Waals surface area contributed by atoms with E-state index in [1.807, 2.05) is 47.4 Å². The number of nitrogens with zero attached hydrogens (tertiary/aromatic N) is 1. The SMILES string of the molecule is O=C(NC(CC(=O)N1CCc2ccccc2C1)c1ccccc1)c1ccccc1Cl. The highest BCUT2D eigenvalue weighted by atomic mass is 35.5. The third-order valence-corrected chi connectivity index (χ3v) is 5.82. The fraction of sp³-hybridized carbons (Fsp3) is 0.200. The number of hydrogen-bond donors (Lipinski definition) is 1. The van der Waals surface area contributed by atoms with E-state index >= 15 is 0 Å². The molecule has 3 aromatic carbocycles.